The van der Waals surface area contributed by atoms with Crippen LogP contribution >= 0.6 is 0 Å². The molecule has 1 amide bonds. The van der Waals surface area contributed by atoms with Crippen LogP contribution in [0.15, 0.2) is 10.5 Å². The van der Waals surface area contributed by atoms with E-state index < -0.39 is 0 Å². The first-order valence-electron chi connectivity index (χ1n) is 6.14. The Labute approximate surface area is 101 Å². The molecule has 2 fully saturated rings. The predicted molar refractivity (Wildman–Crippen MR) is 62.0 cm³/mol. The Balaban J connectivity index is 1.90. The van der Waals surface area contributed by atoms with Crippen molar-refractivity contribution in [1.29, 1.82) is 0 Å². The van der Waals surface area contributed by atoms with Crippen molar-refractivity contribution in [3.63, 3.8) is 0 Å². The van der Waals surface area contributed by atoms with Crippen LogP contribution in [0.2, 0.25) is 0 Å². The summed E-state index contributed by atoms with van der Waals surface area (Å²) in [5.41, 5.74) is 0.710. The molecule has 0 aliphatic carbocycles. The van der Waals surface area contributed by atoms with E-state index in [1.165, 1.54) is 0 Å². The third kappa shape index (κ3) is 1.67. The third-order valence-electron chi connectivity index (χ3n) is 3.75. The first-order valence-corrected chi connectivity index (χ1v) is 6.14. The number of carbonyl (C=O) groups is 1. The third-order valence-corrected chi connectivity index (χ3v) is 3.75. The molecular formula is C13H17NO3. The van der Waals surface area contributed by atoms with Gasteiger partial charge in [-0.1, -0.05) is 0 Å². The number of carbonyl (C=O) groups excluding carboxylic acids is 1. The summed E-state index contributed by atoms with van der Waals surface area (Å²) >= 11 is 0. The van der Waals surface area contributed by atoms with Gasteiger partial charge in [-0.15, -0.1) is 0 Å². The molecule has 0 aromatic carbocycles. The van der Waals surface area contributed by atoms with Gasteiger partial charge in [0, 0.05) is 0 Å². The monoisotopic (exact) mass is 235 g/mol. The summed E-state index contributed by atoms with van der Waals surface area (Å²) in [7, 11) is 0. The van der Waals surface area contributed by atoms with Crippen molar-refractivity contribution in [2.24, 2.45) is 0 Å². The quantitative estimate of drug-likeness (QED) is 0.746. The molecule has 92 valence electrons. The van der Waals surface area contributed by atoms with Gasteiger partial charge in [0.05, 0.1) is 30.9 Å². The molecule has 2 saturated heterocycles. The molecule has 2 aliphatic rings. The second kappa shape index (κ2) is 3.88. The predicted octanol–water partition coefficient (Wildman–Crippen LogP) is 1.90. The van der Waals surface area contributed by atoms with E-state index in [1.54, 1.807) is 0 Å². The van der Waals surface area contributed by atoms with Gasteiger partial charge in [0.25, 0.3) is 5.91 Å². The van der Waals surface area contributed by atoms with Crippen LogP contribution in [0.25, 0.3) is 0 Å². The molecule has 2 aliphatic heterocycles. The molecule has 4 heteroatoms. The SMILES string of the molecule is Cc1cc(C(=O)N2C3CCC2COC3)c(C)o1. The highest BCUT2D eigenvalue weighted by molar-refractivity contribution is 5.96. The highest BCUT2D eigenvalue weighted by Crippen LogP contribution is 2.31. The van der Waals surface area contributed by atoms with E-state index in [9.17, 15) is 4.79 Å². The Morgan fingerprint density at radius 2 is 1.94 bits per heavy atom. The van der Waals surface area contributed by atoms with Crippen LogP contribution in [-0.2, 0) is 4.74 Å². The van der Waals surface area contributed by atoms with Crippen LogP contribution in [0.5, 0.6) is 0 Å². The Morgan fingerprint density at radius 3 is 2.47 bits per heavy atom. The van der Waals surface area contributed by atoms with Gasteiger partial charge in [-0.3, -0.25) is 4.79 Å². The van der Waals surface area contributed by atoms with Crippen molar-refractivity contribution in [3.05, 3.63) is 23.2 Å². The fourth-order valence-corrected chi connectivity index (χ4v) is 2.94. The van der Waals surface area contributed by atoms with Crippen molar-refractivity contribution in [1.82, 2.24) is 4.90 Å². The van der Waals surface area contributed by atoms with Crippen molar-refractivity contribution in [3.8, 4) is 0 Å². The molecule has 2 atom stereocenters. The molecule has 2 bridgehead atoms. The highest BCUT2D eigenvalue weighted by Gasteiger charge is 2.41. The molecule has 1 aromatic heterocycles. The van der Waals surface area contributed by atoms with Gasteiger partial charge in [-0.05, 0) is 32.8 Å². The average molecular weight is 235 g/mol. The summed E-state index contributed by atoms with van der Waals surface area (Å²) in [5.74, 6) is 1.62. The minimum atomic E-state index is 0.107. The zero-order chi connectivity index (χ0) is 12.0. The molecule has 0 N–H and O–H groups in total. The number of nitrogens with zero attached hydrogens (tertiary/aromatic N) is 1. The lowest BCUT2D eigenvalue weighted by Crippen LogP contribution is -2.49. The summed E-state index contributed by atoms with van der Waals surface area (Å²) in [5, 5.41) is 0. The highest BCUT2D eigenvalue weighted by atomic mass is 16.5. The Kier molecular flexibility index (Phi) is 2.47. The van der Waals surface area contributed by atoms with E-state index in [0.717, 1.165) is 24.4 Å². The lowest BCUT2D eigenvalue weighted by molar-refractivity contribution is -0.00724. The van der Waals surface area contributed by atoms with E-state index in [1.807, 2.05) is 24.8 Å². The van der Waals surface area contributed by atoms with Crippen LogP contribution < -0.4 is 0 Å². The maximum absolute atomic E-state index is 12.5. The zero-order valence-corrected chi connectivity index (χ0v) is 10.2. The van der Waals surface area contributed by atoms with Gasteiger partial charge in [0.15, 0.2) is 0 Å². The summed E-state index contributed by atoms with van der Waals surface area (Å²) in [6.45, 7) is 5.08. The molecule has 3 heterocycles. The van der Waals surface area contributed by atoms with E-state index in [4.69, 9.17) is 9.15 Å². The molecular weight excluding hydrogens is 218 g/mol. The van der Waals surface area contributed by atoms with E-state index in [2.05, 4.69) is 0 Å². The minimum Gasteiger partial charge on any atom is -0.466 e. The lowest BCUT2D eigenvalue weighted by Gasteiger charge is -2.34. The number of hydrogen-bond acceptors (Lipinski definition) is 3. The molecule has 0 spiro atoms. The second-order valence-corrected chi connectivity index (χ2v) is 4.96. The number of fused-ring (bicyclic) bond motifs is 2. The van der Waals surface area contributed by atoms with E-state index >= 15 is 0 Å². The number of amides is 1. The van der Waals surface area contributed by atoms with Crippen molar-refractivity contribution in [2.45, 2.75) is 38.8 Å². The second-order valence-electron chi connectivity index (χ2n) is 4.96. The van der Waals surface area contributed by atoms with Crippen molar-refractivity contribution >= 4 is 5.91 Å². The van der Waals surface area contributed by atoms with Gasteiger partial charge in [-0.25, -0.2) is 0 Å². The number of morpholine rings is 1. The fraction of sp³-hybridized carbons (Fsp3) is 0.615. The van der Waals surface area contributed by atoms with E-state index in [0.29, 0.717) is 18.8 Å². The molecule has 4 nitrogen and oxygen atoms in total. The molecule has 3 rings (SSSR count). The first-order chi connectivity index (χ1) is 8.16. The Morgan fingerprint density at radius 1 is 1.29 bits per heavy atom. The summed E-state index contributed by atoms with van der Waals surface area (Å²) < 4.78 is 10.9. The number of ether oxygens (including phenoxy) is 1. The first kappa shape index (κ1) is 10.8. The van der Waals surface area contributed by atoms with Crippen molar-refractivity contribution < 1.29 is 13.9 Å². The number of rotatable bonds is 1. The Hall–Kier alpha value is -1.29. The molecule has 0 radical (unpaired) electrons. The fourth-order valence-electron chi connectivity index (χ4n) is 2.94. The average Bonchev–Trinajstić information content (AvgIpc) is 2.75. The van der Waals surface area contributed by atoms with Crippen LogP contribution in [0.1, 0.15) is 34.7 Å². The molecule has 2 unspecified atom stereocenters. The smallest absolute Gasteiger partial charge is 0.258 e. The van der Waals surface area contributed by atoms with E-state index in [-0.39, 0.29) is 18.0 Å². The maximum Gasteiger partial charge on any atom is 0.258 e. The molecule has 1 aromatic rings. The van der Waals surface area contributed by atoms with Gasteiger partial charge in [-0.2, -0.15) is 0 Å². The topological polar surface area (TPSA) is 42.7 Å². The maximum atomic E-state index is 12.5. The zero-order valence-electron chi connectivity index (χ0n) is 10.2. The van der Waals surface area contributed by atoms with Gasteiger partial charge < -0.3 is 14.1 Å². The van der Waals surface area contributed by atoms with Crippen LogP contribution in [0.4, 0.5) is 0 Å². The standard InChI is InChI=1S/C13H17NO3/c1-8-5-12(9(2)17-8)13(15)14-10-3-4-11(14)7-16-6-10/h5,10-11H,3-4,6-7H2,1-2H3. The van der Waals surface area contributed by atoms with Crippen LogP contribution in [0.3, 0.4) is 0 Å². The molecule has 17 heavy (non-hydrogen) atoms. The van der Waals surface area contributed by atoms with Crippen LogP contribution in [-0.4, -0.2) is 36.1 Å². The minimum absolute atomic E-state index is 0.107. The number of furan rings is 1. The number of hydrogen-bond donors (Lipinski definition) is 0. The normalized spacial score (nSPS) is 27.5. The Bertz CT molecular complexity index is 436. The lowest BCUT2D eigenvalue weighted by atomic mass is 10.1. The van der Waals surface area contributed by atoms with Crippen LogP contribution in [0, 0.1) is 13.8 Å². The summed E-state index contributed by atoms with van der Waals surface area (Å²) in [6, 6.07) is 2.36. The van der Waals surface area contributed by atoms with Gasteiger partial charge in [0.1, 0.15) is 11.5 Å². The van der Waals surface area contributed by atoms with Crippen molar-refractivity contribution in [2.75, 3.05) is 13.2 Å². The van der Waals surface area contributed by atoms with Gasteiger partial charge in [0.2, 0.25) is 0 Å². The molecule has 0 saturated carbocycles. The largest absolute Gasteiger partial charge is 0.466 e. The summed E-state index contributed by atoms with van der Waals surface area (Å²) in [4.78, 5) is 14.5. The van der Waals surface area contributed by atoms with Gasteiger partial charge >= 0.3 is 0 Å². The summed E-state index contributed by atoms with van der Waals surface area (Å²) in [6.07, 6.45) is 2.12. The number of aryl methyl sites for hydroxylation is 2.